The third-order valence-electron chi connectivity index (χ3n) is 3.81. The number of carbonyl (C=O) groups excluding carboxylic acids is 1. The van der Waals surface area contributed by atoms with Gasteiger partial charge in [-0.3, -0.25) is 0 Å². The van der Waals surface area contributed by atoms with Crippen LogP contribution in [0.5, 0.6) is 5.75 Å². The summed E-state index contributed by atoms with van der Waals surface area (Å²) in [5, 5.41) is 3.27. The summed E-state index contributed by atoms with van der Waals surface area (Å²) in [5.41, 5.74) is 3.04. The Morgan fingerprint density at radius 2 is 2.04 bits per heavy atom. The largest absolute Gasteiger partial charge is 0.496 e. The van der Waals surface area contributed by atoms with Crippen molar-refractivity contribution in [3.63, 3.8) is 0 Å². The number of hydrogen-bond donors (Lipinski definition) is 1. The van der Waals surface area contributed by atoms with E-state index in [9.17, 15) is 4.79 Å². The molecule has 3 aromatic rings. The molecule has 2 aromatic carbocycles. The normalized spacial score (nSPS) is 11.1. The van der Waals surface area contributed by atoms with Gasteiger partial charge in [-0.15, -0.1) is 0 Å². The van der Waals surface area contributed by atoms with E-state index in [1.54, 1.807) is 20.2 Å². The molecule has 0 atom stereocenters. The summed E-state index contributed by atoms with van der Waals surface area (Å²) in [7, 11) is 1.59. The minimum absolute atomic E-state index is 0.317. The number of hydrogen-bond acceptors (Lipinski definition) is 6. The Labute approximate surface area is 157 Å². The standard InChI is InChI=1S/C21H20N2O4/c1-3-26-21(24)12-18(15-7-5-4-6-8-15)23-16-9-10-17(19(11-16)25-2)20-13-22-14-27-20/h4-14,23H,3H2,1-2H3/b18-12+. The van der Waals surface area contributed by atoms with Crippen LogP contribution < -0.4 is 10.1 Å². The van der Waals surface area contributed by atoms with Crippen molar-refractivity contribution in [2.75, 3.05) is 19.0 Å². The van der Waals surface area contributed by atoms with Gasteiger partial charge in [0.25, 0.3) is 0 Å². The number of methoxy groups -OCH3 is 1. The van der Waals surface area contributed by atoms with Gasteiger partial charge in [0, 0.05) is 17.8 Å². The number of oxazole rings is 1. The second-order valence-electron chi connectivity index (χ2n) is 5.58. The van der Waals surface area contributed by atoms with E-state index in [4.69, 9.17) is 13.9 Å². The summed E-state index contributed by atoms with van der Waals surface area (Å²) < 4.78 is 15.9. The minimum Gasteiger partial charge on any atom is -0.496 e. The molecule has 0 aliphatic rings. The van der Waals surface area contributed by atoms with E-state index < -0.39 is 5.97 Å². The minimum atomic E-state index is -0.408. The highest BCUT2D eigenvalue weighted by Gasteiger charge is 2.12. The maximum atomic E-state index is 12.0. The van der Waals surface area contributed by atoms with Crippen LogP contribution in [0, 0.1) is 0 Å². The monoisotopic (exact) mass is 364 g/mol. The lowest BCUT2D eigenvalue weighted by atomic mass is 10.1. The van der Waals surface area contributed by atoms with Gasteiger partial charge in [0.2, 0.25) is 0 Å². The Bertz CT molecular complexity index is 919. The molecule has 0 amide bonds. The molecule has 0 bridgehead atoms. The molecule has 1 aromatic heterocycles. The number of carbonyl (C=O) groups is 1. The summed E-state index contributed by atoms with van der Waals surface area (Å²) in [4.78, 5) is 15.9. The first-order valence-corrected chi connectivity index (χ1v) is 8.49. The third kappa shape index (κ3) is 4.55. The van der Waals surface area contributed by atoms with Crippen molar-refractivity contribution in [2.24, 2.45) is 0 Å². The number of anilines is 1. The number of esters is 1. The van der Waals surface area contributed by atoms with E-state index in [-0.39, 0.29) is 0 Å². The van der Waals surface area contributed by atoms with Crippen molar-refractivity contribution in [3.05, 3.63) is 72.8 Å². The van der Waals surface area contributed by atoms with Gasteiger partial charge in [-0.05, 0) is 24.6 Å². The van der Waals surface area contributed by atoms with Gasteiger partial charge < -0.3 is 19.2 Å². The molecular formula is C21H20N2O4. The van der Waals surface area contributed by atoms with Gasteiger partial charge in [0.1, 0.15) is 5.75 Å². The molecule has 0 aliphatic carbocycles. The van der Waals surface area contributed by atoms with Crippen LogP contribution in [0.3, 0.4) is 0 Å². The Morgan fingerprint density at radius 1 is 1.22 bits per heavy atom. The number of aromatic nitrogens is 1. The Balaban J connectivity index is 1.93. The summed E-state index contributed by atoms with van der Waals surface area (Å²) >= 11 is 0. The molecule has 0 saturated carbocycles. The number of benzene rings is 2. The van der Waals surface area contributed by atoms with Crippen molar-refractivity contribution in [2.45, 2.75) is 6.92 Å². The van der Waals surface area contributed by atoms with Crippen molar-refractivity contribution in [1.29, 1.82) is 0 Å². The summed E-state index contributed by atoms with van der Waals surface area (Å²) in [6.45, 7) is 2.09. The lowest BCUT2D eigenvalue weighted by Crippen LogP contribution is -2.06. The average molecular weight is 364 g/mol. The number of nitrogens with zero attached hydrogens (tertiary/aromatic N) is 1. The summed E-state index contributed by atoms with van der Waals surface area (Å²) in [5.74, 6) is 0.832. The van der Waals surface area contributed by atoms with Crippen LogP contribution >= 0.6 is 0 Å². The fourth-order valence-electron chi connectivity index (χ4n) is 2.59. The maximum absolute atomic E-state index is 12.0. The molecule has 1 heterocycles. The molecule has 0 saturated heterocycles. The third-order valence-corrected chi connectivity index (χ3v) is 3.81. The zero-order chi connectivity index (χ0) is 19.1. The fourth-order valence-corrected chi connectivity index (χ4v) is 2.59. The molecule has 0 aliphatic heterocycles. The second kappa shape index (κ2) is 8.71. The van der Waals surface area contributed by atoms with Crippen LogP contribution in [0.2, 0.25) is 0 Å². The van der Waals surface area contributed by atoms with Crippen LogP contribution in [-0.2, 0) is 9.53 Å². The van der Waals surface area contributed by atoms with Crippen molar-refractivity contribution in [1.82, 2.24) is 4.98 Å². The maximum Gasteiger partial charge on any atom is 0.332 e. The first-order valence-electron chi connectivity index (χ1n) is 8.49. The molecule has 0 unspecified atom stereocenters. The van der Waals surface area contributed by atoms with E-state index in [2.05, 4.69) is 10.3 Å². The molecule has 3 rings (SSSR count). The highest BCUT2D eigenvalue weighted by atomic mass is 16.5. The van der Waals surface area contributed by atoms with E-state index in [0.29, 0.717) is 23.8 Å². The van der Waals surface area contributed by atoms with E-state index in [0.717, 1.165) is 16.8 Å². The average Bonchev–Trinajstić information content (AvgIpc) is 3.23. The SMILES string of the molecule is CCOC(=O)/C=C(/Nc1ccc(-c2cnco2)c(OC)c1)c1ccccc1. The van der Waals surface area contributed by atoms with Crippen LogP contribution in [-0.4, -0.2) is 24.7 Å². The van der Waals surface area contributed by atoms with E-state index in [1.165, 1.54) is 12.5 Å². The number of nitrogens with one attached hydrogen (secondary N) is 1. The molecule has 0 fully saturated rings. The lowest BCUT2D eigenvalue weighted by molar-refractivity contribution is -0.137. The summed E-state index contributed by atoms with van der Waals surface area (Å²) in [6.07, 6.45) is 4.44. The number of rotatable bonds is 7. The molecule has 1 N–H and O–H groups in total. The van der Waals surface area contributed by atoms with Crippen LogP contribution in [0.15, 0.2) is 71.6 Å². The Hall–Kier alpha value is -3.54. The predicted octanol–water partition coefficient (Wildman–Crippen LogP) is 4.37. The quantitative estimate of drug-likeness (QED) is 0.496. The molecule has 0 spiro atoms. The van der Waals surface area contributed by atoms with Gasteiger partial charge in [0.15, 0.2) is 12.2 Å². The van der Waals surface area contributed by atoms with Crippen LogP contribution in [0.1, 0.15) is 12.5 Å². The molecular weight excluding hydrogens is 344 g/mol. The van der Waals surface area contributed by atoms with Crippen LogP contribution in [0.4, 0.5) is 5.69 Å². The van der Waals surface area contributed by atoms with E-state index >= 15 is 0 Å². The van der Waals surface area contributed by atoms with Crippen molar-refractivity contribution >= 4 is 17.4 Å². The van der Waals surface area contributed by atoms with Gasteiger partial charge in [-0.2, -0.15) is 0 Å². The van der Waals surface area contributed by atoms with Gasteiger partial charge >= 0.3 is 5.97 Å². The van der Waals surface area contributed by atoms with Gasteiger partial charge in [-0.25, -0.2) is 9.78 Å². The second-order valence-corrected chi connectivity index (χ2v) is 5.58. The van der Waals surface area contributed by atoms with Crippen LogP contribution in [0.25, 0.3) is 17.0 Å². The van der Waals surface area contributed by atoms with Gasteiger partial charge in [-0.1, -0.05) is 30.3 Å². The van der Waals surface area contributed by atoms with Crippen molar-refractivity contribution < 1.29 is 18.7 Å². The zero-order valence-electron chi connectivity index (χ0n) is 15.1. The Kier molecular flexibility index (Phi) is 5.89. The summed E-state index contributed by atoms with van der Waals surface area (Å²) in [6, 6.07) is 15.1. The smallest absolute Gasteiger partial charge is 0.332 e. The molecule has 6 nitrogen and oxygen atoms in total. The highest BCUT2D eigenvalue weighted by molar-refractivity contribution is 5.94. The number of ether oxygens (including phenoxy) is 2. The predicted molar refractivity (Wildman–Crippen MR) is 103 cm³/mol. The first-order chi connectivity index (χ1) is 13.2. The fraction of sp³-hybridized carbons (Fsp3) is 0.143. The highest BCUT2D eigenvalue weighted by Crippen LogP contribution is 2.33. The Morgan fingerprint density at radius 3 is 2.70 bits per heavy atom. The van der Waals surface area contributed by atoms with E-state index in [1.807, 2.05) is 48.5 Å². The lowest BCUT2D eigenvalue weighted by Gasteiger charge is -2.14. The molecule has 27 heavy (non-hydrogen) atoms. The molecule has 6 heteroatoms. The van der Waals surface area contributed by atoms with Gasteiger partial charge in [0.05, 0.1) is 31.2 Å². The topological polar surface area (TPSA) is 73.6 Å². The van der Waals surface area contributed by atoms with Crippen molar-refractivity contribution in [3.8, 4) is 17.1 Å². The first kappa shape index (κ1) is 18.3. The zero-order valence-corrected chi connectivity index (χ0v) is 15.1. The molecule has 138 valence electrons. The molecule has 0 radical (unpaired) electrons.